The number of aliphatic hydroxyl groups is 1. The number of hydrogen-bond donors (Lipinski definition) is 1. The lowest BCUT2D eigenvalue weighted by molar-refractivity contribution is -0.122. The highest BCUT2D eigenvalue weighted by Crippen LogP contribution is 2.23. The van der Waals surface area contributed by atoms with Crippen LogP contribution in [0.25, 0.3) is 0 Å². The largest absolute Gasteiger partial charge is 0.390 e. The van der Waals surface area contributed by atoms with E-state index in [0.717, 1.165) is 70.0 Å². The first-order chi connectivity index (χ1) is 14.6. The van der Waals surface area contributed by atoms with Crippen molar-refractivity contribution in [1.29, 1.82) is 0 Å². The van der Waals surface area contributed by atoms with Crippen molar-refractivity contribution in [1.82, 2.24) is 15.0 Å². The minimum absolute atomic E-state index is 0.0886. The molecule has 1 aromatic heterocycles. The van der Waals surface area contributed by atoms with Gasteiger partial charge in [-0.15, -0.1) is 0 Å². The first-order valence-corrected chi connectivity index (χ1v) is 11.0. The van der Waals surface area contributed by atoms with Crippen LogP contribution in [0.4, 0.5) is 5.69 Å². The zero-order valence-electron chi connectivity index (χ0n) is 18.1. The number of benzene rings is 1. The monoisotopic (exact) mass is 414 g/mol. The Morgan fingerprint density at radius 2 is 1.87 bits per heavy atom. The molecule has 2 aromatic rings. The molecule has 3 heterocycles. The van der Waals surface area contributed by atoms with Gasteiger partial charge < -0.3 is 24.2 Å². The number of anilines is 1. The predicted molar refractivity (Wildman–Crippen MR) is 117 cm³/mol. The number of para-hydroxylation sites is 1. The van der Waals surface area contributed by atoms with Gasteiger partial charge in [-0.2, -0.15) is 0 Å². The lowest BCUT2D eigenvalue weighted by Gasteiger charge is -2.35. The standard InChI is InChI=1S/C23H34N4O3/c1-25(2)17-23-22(28)9-8-20(29-23)14-18-15-21(30-24-18)16-26-10-12-27(13-11-26)19-6-4-3-5-7-19/h3-7,15,20,22-23,28H,8-14,16-17H2,1-2H3. The van der Waals surface area contributed by atoms with Crippen LogP contribution >= 0.6 is 0 Å². The molecule has 30 heavy (non-hydrogen) atoms. The van der Waals surface area contributed by atoms with Gasteiger partial charge in [0.2, 0.25) is 0 Å². The second kappa shape index (κ2) is 9.92. The van der Waals surface area contributed by atoms with Crippen molar-refractivity contribution in [2.75, 3.05) is 51.7 Å². The van der Waals surface area contributed by atoms with Crippen molar-refractivity contribution >= 4 is 5.69 Å². The third-order valence-electron chi connectivity index (χ3n) is 6.04. The maximum atomic E-state index is 10.2. The molecular weight excluding hydrogens is 380 g/mol. The molecule has 0 spiro atoms. The molecule has 0 aliphatic carbocycles. The highest BCUT2D eigenvalue weighted by atomic mass is 16.5. The summed E-state index contributed by atoms with van der Waals surface area (Å²) in [5.41, 5.74) is 2.24. The first-order valence-electron chi connectivity index (χ1n) is 11.0. The molecule has 3 atom stereocenters. The van der Waals surface area contributed by atoms with Gasteiger partial charge in [-0.1, -0.05) is 23.4 Å². The molecule has 0 radical (unpaired) electrons. The molecule has 0 saturated carbocycles. The summed E-state index contributed by atoms with van der Waals surface area (Å²) >= 11 is 0. The van der Waals surface area contributed by atoms with Crippen LogP contribution in [0.15, 0.2) is 40.9 Å². The summed E-state index contributed by atoms with van der Waals surface area (Å²) in [7, 11) is 4.01. The molecule has 0 bridgehead atoms. The molecule has 1 N–H and O–H groups in total. The van der Waals surface area contributed by atoms with Crippen molar-refractivity contribution in [3.05, 3.63) is 47.9 Å². The van der Waals surface area contributed by atoms with Gasteiger partial charge in [-0.3, -0.25) is 4.90 Å². The Balaban J connectivity index is 1.25. The Morgan fingerprint density at radius 3 is 2.60 bits per heavy atom. The van der Waals surface area contributed by atoms with E-state index in [1.807, 2.05) is 14.1 Å². The summed E-state index contributed by atoms with van der Waals surface area (Å²) in [5, 5.41) is 14.5. The minimum atomic E-state index is -0.383. The highest BCUT2D eigenvalue weighted by molar-refractivity contribution is 5.46. The van der Waals surface area contributed by atoms with Crippen LogP contribution in [0.2, 0.25) is 0 Å². The topological polar surface area (TPSA) is 65.2 Å². The molecule has 3 unspecified atom stereocenters. The van der Waals surface area contributed by atoms with E-state index in [2.05, 4.69) is 56.3 Å². The maximum Gasteiger partial charge on any atom is 0.150 e. The Kier molecular flexibility index (Phi) is 7.04. The molecular formula is C23H34N4O3. The molecule has 164 valence electrons. The summed E-state index contributed by atoms with van der Waals surface area (Å²) in [6.07, 6.45) is 1.94. The average molecular weight is 415 g/mol. The second-order valence-electron chi connectivity index (χ2n) is 8.79. The average Bonchev–Trinajstić information content (AvgIpc) is 3.18. The molecule has 4 rings (SSSR count). The molecule has 2 saturated heterocycles. The number of aromatic nitrogens is 1. The smallest absolute Gasteiger partial charge is 0.150 e. The van der Waals surface area contributed by atoms with Crippen molar-refractivity contribution in [3.8, 4) is 0 Å². The zero-order valence-corrected chi connectivity index (χ0v) is 18.1. The third-order valence-corrected chi connectivity index (χ3v) is 6.04. The SMILES string of the molecule is CN(C)CC1OC(Cc2cc(CN3CCN(c4ccccc4)CC3)on2)CCC1O. The summed E-state index contributed by atoms with van der Waals surface area (Å²) in [6, 6.07) is 12.7. The van der Waals surface area contributed by atoms with Crippen molar-refractivity contribution in [2.24, 2.45) is 0 Å². The predicted octanol–water partition coefficient (Wildman–Crippen LogP) is 2.01. The van der Waals surface area contributed by atoms with Gasteiger partial charge in [0.15, 0.2) is 5.76 Å². The van der Waals surface area contributed by atoms with Crippen molar-refractivity contribution < 1.29 is 14.4 Å². The molecule has 0 amide bonds. The molecule has 2 fully saturated rings. The van der Waals surface area contributed by atoms with Crippen LogP contribution in [0, 0.1) is 0 Å². The van der Waals surface area contributed by atoms with E-state index in [1.165, 1.54) is 5.69 Å². The summed E-state index contributed by atoms with van der Waals surface area (Å²) in [4.78, 5) is 6.91. The minimum Gasteiger partial charge on any atom is -0.390 e. The van der Waals surface area contributed by atoms with Crippen LogP contribution < -0.4 is 4.90 Å². The van der Waals surface area contributed by atoms with Gasteiger partial charge in [-0.05, 0) is 39.1 Å². The Labute approximate surface area is 179 Å². The number of rotatable bonds is 7. The fourth-order valence-corrected chi connectivity index (χ4v) is 4.41. The van der Waals surface area contributed by atoms with Crippen LogP contribution in [0.3, 0.4) is 0 Å². The van der Waals surface area contributed by atoms with E-state index in [9.17, 15) is 5.11 Å². The molecule has 1 aromatic carbocycles. The summed E-state index contributed by atoms with van der Waals surface area (Å²) < 4.78 is 11.8. The van der Waals surface area contributed by atoms with E-state index < -0.39 is 0 Å². The number of aliphatic hydroxyl groups excluding tert-OH is 1. The van der Waals surface area contributed by atoms with Gasteiger partial charge in [0, 0.05) is 50.9 Å². The molecule has 7 heteroatoms. The van der Waals surface area contributed by atoms with Crippen molar-refractivity contribution in [3.63, 3.8) is 0 Å². The van der Waals surface area contributed by atoms with Crippen LogP contribution in [-0.2, 0) is 17.7 Å². The maximum absolute atomic E-state index is 10.2. The molecule has 7 nitrogen and oxygen atoms in total. The number of piperazine rings is 1. The number of hydrogen-bond acceptors (Lipinski definition) is 7. The van der Waals surface area contributed by atoms with Gasteiger partial charge in [0.05, 0.1) is 30.6 Å². The summed E-state index contributed by atoms with van der Waals surface area (Å²) in [6.45, 7) is 5.61. The quantitative estimate of drug-likeness (QED) is 0.743. The fourth-order valence-electron chi connectivity index (χ4n) is 4.41. The number of likely N-dealkylation sites (N-methyl/N-ethyl adjacent to an activating group) is 1. The third kappa shape index (κ3) is 5.60. The van der Waals surface area contributed by atoms with Gasteiger partial charge in [-0.25, -0.2) is 0 Å². The Morgan fingerprint density at radius 1 is 1.10 bits per heavy atom. The molecule has 2 aliphatic rings. The van der Waals surface area contributed by atoms with Crippen LogP contribution in [0.5, 0.6) is 0 Å². The first kappa shape index (κ1) is 21.3. The lowest BCUT2D eigenvalue weighted by atomic mass is 9.98. The Bertz CT molecular complexity index is 774. The number of nitrogens with zero attached hydrogens (tertiary/aromatic N) is 4. The molecule has 2 aliphatic heterocycles. The second-order valence-corrected chi connectivity index (χ2v) is 8.79. The fraction of sp³-hybridized carbons (Fsp3) is 0.609. The normalized spacial score (nSPS) is 25.7. The van der Waals surface area contributed by atoms with Gasteiger partial charge in [0.25, 0.3) is 0 Å². The van der Waals surface area contributed by atoms with E-state index in [0.29, 0.717) is 0 Å². The summed E-state index contributed by atoms with van der Waals surface area (Å²) in [5.74, 6) is 0.916. The Hall–Kier alpha value is -1.93. The van der Waals surface area contributed by atoms with E-state index in [4.69, 9.17) is 9.26 Å². The zero-order chi connectivity index (χ0) is 20.9. The lowest BCUT2D eigenvalue weighted by Crippen LogP contribution is -2.45. The number of ether oxygens (including phenoxy) is 1. The van der Waals surface area contributed by atoms with E-state index >= 15 is 0 Å². The van der Waals surface area contributed by atoms with Gasteiger partial charge in [0.1, 0.15) is 0 Å². The van der Waals surface area contributed by atoms with E-state index in [-0.39, 0.29) is 18.3 Å². The van der Waals surface area contributed by atoms with Gasteiger partial charge >= 0.3 is 0 Å². The van der Waals surface area contributed by atoms with Crippen LogP contribution in [-0.4, -0.2) is 85.2 Å². The van der Waals surface area contributed by atoms with Crippen LogP contribution in [0.1, 0.15) is 24.3 Å². The van der Waals surface area contributed by atoms with E-state index in [1.54, 1.807) is 0 Å². The van der Waals surface area contributed by atoms with Crippen molar-refractivity contribution in [2.45, 2.75) is 44.1 Å². The highest BCUT2D eigenvalue weighted by Gasteiger charge is 2.31.